The minimum Gasteiger partial charge on any atom is -0.385 e. The van der Waals surface area contributed by atoms with Crippen molar-refractivity contribution < 1.29 is 0 Å². The highest BCUT2D eigenvalue weighted by Crippen LogP contribution is 2.18. The first-order valence-electron chi connectivity index (χ1n) is 6.62. The molecule has 1 N–H and O–H groups in total. The Balaban J connectivity index is 1.56. The van der Waals surface area contributed by atoms with E-state index in [2.05, 4.69) is 52.9 Å². The molecule has 0 atom stereocenters. The van der Waals surface area contributed by atoms with Gasteiger partial charge in [0.05, 0.1) is 0 Å². The Kier molecular flexibility index (Phi) is 3.45. The smallest absolute Gasteiger partial charge is 0.0489 e. The summed E-state index contributed by atoms with van der Waals surface area (Å²) in [5, 5.41) is 10.2. The molecule has 19 heavy (non-hydrogen) atoms. The van der Waals surface area contributed by atoms with Crippen molar-refractivity contribution in [2.45, 2.75) is 13.0 Å². The number of hydrogen-bond acceptors (Lipinski definition) is 2. The largest absolute Gasteiger partial charge is 0.385 e. The molecule has 0 saturated carbocycles. The Hall–Kier alpha value is -2.29. The van der Waals surface area contributed by atoms with Gasteiger partial charge in [0.15, 0.2) is 0 Å². The van der Waals surface area contributed by atoms with Crippen LogP contribution < -0.4 is 5.32 Å². The van der Waals surface area contributed by atoms with Crippen LogP contribution >= 0.6 is 0 Å². The third-order valence-corrected chi connectivity index (χ3v) is 3.20. The second-order valence-electron chi connectivity index (χ2n) is 4.61. The molecule has 3 rings (SSSR count). The molecule has 96 valence electrons. The highest BCUT2D eigenvalue weighted by atomic mass is 15.3. The molecule has 0 radical (unpaired) electrons. The lowest BCUT2D eigenvalue weighted by atomic mass is 10.1. The van der Waals surface area contributed by atoms with E-state index in [1.54, 1.807) is 0 Å². The van der Waals surface area contributed by atoms with Crippen LogP contribution in [0.1, 0.15) is 6.42 Å². The van der Waals surface area contributed by atoms with Gasteiger partial charge in [-0.25, -0.2) is 0 Å². The van der Waals surface area contributed by atoms with Crippen molar-refractivity contribution in [2.75, 3.05) is 11.9 Å². The number of aryl methyl sites for hydroxylation is 1. The van der Waals surface area contributed by atoms with Crippen LogP contribution in [0.25, 0.3) is 10.8 Å². The molecule has 3 aromatic rings. The lowest BCUT2D eigenvalue weighted by Crippen LogP contribution is -2.06. The summed E-state index contributed by atoms with van der Waals surface area (Å²) in [5.41, 5.74) is 1.18. The van der Waals surface area contributed by atoms with Gasteiger partial charge in [-0.1, -0.05) is 30.3 Å². The first-order valence-corrected chi connectivity index (χ1v) is 6.62. The molecule has 0 saturated heterocycles. The van der Waals surface area contributed by atoms with Crippen LogP contribution in [0.2, 0.25) is 0 Å². The third kappa shape index (κ3) is 2.94. The molecule has 0 amide bonds. The molecule has 1 heterocycles. The zero-order valence-corrected chi connectivity index (χ0v) is 10.8. The van der Waals surface area contributed by atoms with E-state index in [0.29, 0.717) is 0 Å². The lowest BCUT2D eigenvalue weighted by molar-refractivity contribution is 0.592. The quantitative estimate of drug-likeness (QED) is 0.703. The standard InChI is InChI=1S/C16H17N3/c1-2-6-15-13-16(8-7-14(15)5-1)17-9-3-11-19-12-4-10-18-19/h1-2,4-8,10,12-13,17H,3,9,11H2. The van der Waals surface area contributed by atoms with Crippen molar-refractivity contribution in [3.05, 3.63) is 60.9 Å². The van der Waals surface area contributed by atoms with Crippen LogP contribution in [0.15, 0.2) is 60.9 Å². The van der Waals surface area contributed by atoms with Gasteiger partial charge in [-0.2, -0.15) is 5.10 Å². The molecular formula is C16H17N3. The number of rotatable bonds is 5. The second-order valence-corrected chi connectivity index (χ2v) is 4.61. The average Bonchev–Trinajstić information content (AvgIpc) is 2.97. The minimum atomic E-state index is 0.952. The normalized spacial score (nSPS) is 10.7. The van der Waals surface area contributed by atoms with E-state index in [-0.39, 0.29) is 0 Å². The van der Waals surface area contributed by atoms with E-state index in [1.807, 2.05) is 23.1 Å². The summed E-state index contributed by atoms with van der Waals surface area (Å²) in [5.74, 6) is 0. The number of fused-ring (bicyclic) bond motifs is 1. The van der Waals surface area contributed by atoms with Crippen LogP contribution in [0.4, 0.5) is 5.69 Å². The van der Waals surface area contributed by atoms with Crippen LogP contribution in [-0.2, 0) is 6.54 Å². The van der Waals surface area contributed by atoms with Gasteiger partial charge in [-0.15, -0.1) is 0 Å². The number of hydrogen-bond donors (Lipinski definition) is 1. The van der Waals surface area contributed by atoms with Gasteiger partial charge < -0.3 is 5.32 Å². The highest BCUT2D eigenvalue weighted by molar-refractivity contribution is 5.85. The second kappa shape index (κ2) is 5.57. The molecule has 0 bridgehead atoms. The van der Waals surface area contributed by atoms with Crippen molar-refractivity contribution in [1.82, 2.24) is 9.78 Å². The van der Waals surface area contributed by atoms with Crippen molar-refractivity contribution >= 4 is 16.5 Å². The van der Waals surface area contributed by atoms with E-state index in [1.165, 1.54) is 16.5 Å². The molecule has 2 aromatic carbocycles. The summed E-state index contributed by atoms with van der Waals surface area (Å²) in [6.45, 7) is 1.91. The highest BCUT2D eigenvalue weighted by Gasteiger charge is 1.96. The molecule has 0 spiro atoms. The van der Waals surface area contributed by atoms with Crippen molar-refractivity contribution in [2.24, 2.45) is 0 Å². The third-order valence-electron chi connectivity index (χ3n) is 3.20. The number of nitrogens with one attached hydrogen (secondary N) is 1. The average molecular weight is 251 g/mol. The van der Waals surface area contributed by atoms with E-state index in [0.717, 1.165) is 19.5 Å². The number of nitrogens with zero attached hydrogens (tertiary/aromatic N) is 2. The van der Waals surface area contributed by atoms with Crippen LogP contribution in [0.5, 0.6) is 0 Å². The predicted molar refractivity (Wildman–Crippen MR) is 79.3 cm³/mol. The van der Waals surface area contributed by atoms with Crippen LogP contribution in [-0.4, -0.2) is 16.3 Å². The fraction of sp³-hybridized carbons (Fsp3) is 0.188. The lowest BCUT2D eigenvalue weighted by Gasteiger charge is -2.07. The van der Waals surface area contributed by atoms with Crippen molar-refractivity contribution in [1.29, 1.82) is 0 Å². The predicted octanol–water partition coefficient (Wildman–Crippen LogP) is 3.54. The van der Waals surface area contributed by atoms with Crippen molar-refractivity contribution in [3.8, 4) is 0 Å². The van der Waals surface area contributed by atoms with Gasteiger partial charge in [0.1, 0.15) is 0 Å². The maximum Gasteiger partial charge on any atom is 0.0489 e. The zero-order chi connectivity index (χ0) is 12.9. The maximum atomic E-state index is 4.19. The Morgan fingerprint density at radius 3 is 2.74 bits per heavy atom. The van der Waals surface area contributed by atoms with Gasteiger partial charge in [-0.05, 0) is 35.4 Å². The van der Waals surface area contributed by atoms with Gasteiger partial charge in [0.25, 0.3) is 0 Å². The van der Waals surface area contributed by atoms with Gasteiger partial charge in [0.2, 0.25) is 0 Å². The summed E-state index contributed by atoms with van der Waals surface area (Å²) in [4.78, 5) is 0. The van der Waals surface area contributed by atoms with Gasteiger partial charge in [-0.3, -0.25) is 4.68 Å². The number of benzene rings is 2. The fourth-order valence-electron chi connectivity index (χ4n) is 2.21. The van der Waals surface area contributed by atoms with Gasteiger partial charge >= 0.3 is 0 Å². The van der Waals surface area contributed by atoms with E-state index < -0.39 is 0 Å². The zero-order valence-electron chi connectivity index (χ0n) is 10.8. The molecule has 0 aliphatic heterocycles. The molecule has 0 fully saturated rings. The topological polar surface area (TPSA) is 29.9 Å². The van der Waals surface area contributed by atoms with Crippen LogP contribution in [0, 0.1) is 0 Å². The minimum absolute atomic E-state index is 0.952. The molecule has 0 unspecified atom stereocenters. The van der Waals surface area contributed by atoms with Crippen molar-refractivity contribution in [3.63, 3.8) is 0 Å². The first-order chi connectivity index (χ1) is 9.42. The van der Waals surface area contributed by atoms with Crippen LogP contribution in [0.3, 0.4) is 0 Å². The Morgan fingerprint density at radius 2 is 1.89 bits per heavy atom. The first kappa shape index (κ1) is 11.8. The molecular weight excluding hydrogens is 234 g/mol. The van der Waals surface area contributed by atoms with E-state index in [9.17, 15) is 0 Å². The molecule has 0 aliphatic rings. The number of aromatic nitrogens is 2. The van der Waals surface area contributed by atoms with E-state index in [4.69, 9.17) is 0 Å². The Bertz CT molecular complexity index is 644. The summed E-state index contributed by atoms with van der Waals surface area (Å²) >= 11 is 0. The number of anilines is 1. The summed E-state index contributed by atoms with van der Waals surface area (Å²) in [7, 11) is 0. The molecule has 0 aliphatic carbocycles. The van der Waals surface area contributed by atoms with Gasteiger partial charge in [0, 0.05) is 31.2 Å². The molecule has 3 nitrogen and oxygen atoms in total. The maximum absolute atomic E-state index is 4.19. The summed E-state index contributed by atoms with van der Waals surface area (Å²) in [6, 6.07) is 16.9. The monoisotopic (exact) mass is 251 g/mol. The Labute approximate surface area is 112 Å². The Morgan fingerprint density at radius 1 is 1.00 bits per heavy atom. The SMILES string of the molecule is c1ccc2cc(NCCCn3cccn3)ccc2c1. The molecule has 3 heteroatoms. The fourth-order valence-corrected chi connectivity index (χ4v) is 2.21. The van der Waals surface area contributed by atoms with E-state index >= 15 is 0 Å². The summed E-state index contributed by atoms with van der Waals surface area (Å²) in [6.07, 6.45) is 4.88. The molecule has 1 aromatic heterocycles. The summed E-state index contributed by atoms with van der Waals surface area (Å²) < 4.78 is 1.96.